The van der Waals surface area contributed by atoms with Crippen LogP contribution in [0.3, 0.4) is 0 Å². The Hall–Kier alpha value is -2.18. The van der Waals surface area contributed by atoms with Gasteiger partial charge in [-0.1, -0.05) is 37.3 Å². The Morgan fingerprint density at radius 3 is 2.72 bits per heavy atom. The van der Waals surface area contributed by atoms with Crippen molar-refractivity contribution in [3.63, 3.8) is 0 Å². The van der Waals surface area contributed by atoms with Gasteiger partial charge in [-0.3, -0.25) is 4.79 Å². The number of likely N-dealkylation sites (tertiary alicyclic amines) is 1. The average Bonchev–Trinajstić information content (AvgIpc) is 3.24. The lowest BCUT2D eigenvalue weighted by atomic mass is 9.78. The first-order valence-corrected chi connectivity index (χ1v) is 10.7. The molecule has 156 valence electrons. The Morgan fingerprint density at radius 1 is 1.24 bits per heavy atom. The number of ether oxygens (including phenoxy) is 1. The Labute approximate surface area is 173 Å². The lowest BCUT2D eigenvalue weighted by Gasteiger charge is -2.50. The van der Waals surface area contributed by atoms with Gasteiger partial charge in [0, 0.05) is 38.9 Å². The molecule has 3 heterocycles. The van der Waals surface area contributed by atoms with Crippen LogP contribution in [0.2, 0.25) is 0 Å². The normalized spacial score (nSPS) is 19.9. The van der Waals surface area contributed by atoms with Gasteiger partial charge in [-0.2, -0.15) is 0 Å². The molecule has 1 N–H and O–H groups in total. The fraction of sp³-hybridized carbons (Fsp3) is 0.565. The molecule has 0 unspecified atom stereocenters. The maximum absolute atomic E-state index is 12.8. The average molecular weight is 397 g/mol. The molecule has 1 saturated heterocycles. The molecular formula is C23H32N4O2. The van der Waals surface area contributed by atoms with E-state index in [4.69, 9.17) is 4.74 Å². The summed E-state index contributed by atoms with van der Waals surface area (Å²) in [6.45, 7) is 6.26. The third-order valence-corrected chi connectivity index (χ3v) is 6.76. The topological polar surface area (TPSA) is 61.5 Å². The lowest BCUT2D eigenvalue weighted by molar-refractivity contribution is -0.146. The number of rotatable bonds is 6. The Morgan fingerprint density at radius 2 is 2.00 bits per heavy atom. The van der Waals surface area contributed by atoms with Crippen LogP contribution in [0.1, 0.15) is 49.1 Å². The molecule has 2 aromatic rings. The zero-order valence-electron chi connectivity index (χ0n) is 17.6. The number of hydrogen-bond acceptors (Lipinski definition) is 4. The van der Waals surface area contributed by atoms with Gasteiger partial charge in [0.1, 0.15) is 6.61 Å². The fourth-order valence-corrected chi connectivity index (χ4v) is 5.02. The Balaban J connectivity index is 1.42. The van der Waals surface area contributed by atoms with E-state index in [2.05, 4.69) is 52.1 Å². The van der Waals surface area contributed by atoms with Crippen LogP contribution in [0.15, 0.2) is 36.7 Å². The Kier molecular flexibility index (Phi) is 6.01. The number of nitrogens with one attached hydrogen (secondary N) is 1. The first kappa shape index (κ1) is 20.1. The molecule has 1 amide bonds. The predicted octanol–water partition coefficient (Wildman–Crippen LogP) is 2.93. The summed E-state index contributed by atoms with van der Waals surface area (Å²) in [5.74, 6) is 0.631. The van der Waals surface area contributed by atoms with Gasteiger partial charge in [0.15, 0.2) is 0 Å². The number of amides is 1. The SMILES string of the molecule is COCC(=O)N1CCc2[nH]cnc2C12CCN(CC[C@H](C)c1ccccc1)CC2. The molecule has 1 atom stereocenters. The maximum Gasteiger partial charge on any atom is 0.249 e. The van der Waals surface area contributed by atoms with Gasteiger partial charge >= 0.3 is 0 Å². The quantitative estimate of drug-likeness (QED) is 0.816. The molecule has 1 fully saturated rings. The molecule has 1 aromatic carbocycles. The summed E-state index contributed by atoms with van der Waals surface area (Å²) in [5, 5.41) is 0. The summed E-state index contributed by atoms with van der Waals surface area (Å²) in [5.41, 5.74) is 3.39. The largest absolute Gasteiger partial charge is 0.375 e. The molecule has 2 aliphatic rings. The molecule has 6 nitrogen and oxygen atoms in total. The first-order chi connectivity index (χ1) is 14.1. The number of methoxy groups -OCH3 is 1. The van der Waals surface area contributed by atoms with Crippen LogP contribution in [0.5, 0.6) is 0 Å². The molecule has 1 spiro atoms. The van der Waals surface area contributed by atoms with E-state index in [1.807, 2.05) is 4.90 Å². The van der Waals surface area contributed by atoms with Crippen molar-refractivity contribution >= 4 is 5.91 Å². The first-order valence-electron chi connectivity index (χ1n) is 10.7. The van der Waals surface area contributed by atoms with E-state index in [9.17, 15) is 4.79 Å². The van der Waals surface area contributed by atoms with Crippen molar-refractivity contribution in [3.05, 3.63) is 53.6 Å². The van der Waals surface area contributed by atoms with Crippen molar-refractivity contribution in [2.24, 2.45) is 0 Å². The highest BCUT2D eigenvalue weighted by molar-refractivity contribution is 5.79. The number of benzene rings is 1. The zero-order chi connectivity index (χ0) is 20.3. The second kappa shape index (κ2) is 8.67. The summed E-state index contributed by atoms with van der Waals surface area (Å²) >= 11 is 0. The smallest absolute Gasteiger partial charge is 0.249 e. The molecule has 0 saturated carbocycles. The third-order valence-electron chi connectivity index (χ3n) is 6.76. The van der Waals surface area contributed by atoms with Crippen molar-refractivity contribution < 1.29 is 9.53 Å². The Bertz CT molecular complexity index is 811. The van der Waals surface area contributed by atoms with Gasteiger partial charge in [-0.25, -0.2) is 4.98 Å². The van der Waals surface area contributed by atoms with Crippen LogP contribution in [0, 0.1) is 0 Å². The number of fused-ring (bicyclic) bond motifs is 2. The monoisotopic (exact) mass is 396 g/mol. The number of H-pyrrole nitrogens is 1. The van der Waals surface area contributed by atoms with Crippen molar-refractivity contribution in [2.45, 2.75) is 44.1 Å². The molecule has 0 radical (unpaired) electrons. The standard InChI is InChI=1S/C23H32N4O2/c1-18(19-6-4-3-5-7-19)8-12-26-14-10-23(11-15-26)22-20(24-17-25-22)9-13-27(23)21(28)16-29-2/h3-7,17-18H,8-16H2,1-2H3,(H,24,25)/t18-/m0/s1. The summed E-state index contributed by atoms with van der Waals surface area (Å²) in [7, 11) is 1.59. The molecule has 6 heteroatoms. The highest BCUT2D eigenvalue weighted by Crippen LogP contribution is 2.42. The minimum atomic E-state index is -0.287. The number of carbonyl (C=O) groups excluding carboxylic acids is 1. The minimum absolute atomic E-state index is 0.0762. The second-order valence-electron chi connectivity index (χ2n) is 8.43. The number of aromatic amines is 1. The van der Waals surface area contributed by atoms with E-state index in [1.165, 1.54) is 11.3 Å². The van der Waals surface area contributed by atoms with E-state index >= 15 is 0 Å². The molecule has 29 heavy (non-hydrogen) atoms. The molecule has 4 rings (SSSR count). The minimum Gasteiger partial charge on any atom is -0.375 e. The van der Waals surface area contributed by atoms with E-state index < -0.39 is 0 Å². The lowest BCUT2D eigenvalue weighted by Crippen LogP contribution is -2.59. The third kappa shape index (κ3) is 3.96. The number of carbonyl (C=O) groups is 1. The van der Waals surface area contributed by atoms with Gasteiger partial charge in [0.2, 0.25) is 5.91 Å². The van der Waals surface area contributed by atoms with E-state index in [0.29, 0.717) is 5.92 Å². The fourth-order valence-electron chi connectivity index (χ4n) is 5.02. The zero-order valence-corrected chi connectivity index (χ0v) is 17.6. The van der Waals surface area contributed by atoms with Gasteiger partial charge in [-0.15, -0.1) is 0 Å². The van der Waals surface area contributed by atoms with E-state index in [-0.39, 0.29) is 18.1 Å². The number of nitrogens with zero attached hydrogens (tertiary/aromatic N) is 3. The van der Waals surface area contributed by atoms with Crippen LogP contribution in [-0.4, -0.2) is 65.6 Å². The molecule has 1 aromatic heterocycles. The van der Waals surface area contributed by atoms with E-state index in [0.717, 1.165) is 57.6 Å². The van der Waals surface area contributed by atoms with Gasteiger partial charge in [0.05, 0.1) is 17.6 Å². The van der Waals surface area contributed by atoms with Crippen LogP contribution in [-0.2, 0) is 21.5 Å². The second-order valence-corrected chi connectivity index (χ2v) is 8.43. The highest BCUT2D eigenvalue weighted by Gasteiger charge is 2.48. The molecule has 2 aliphatic heterocycles. The van der Waals surface area contributed by atoms with Crippen LogP contribution < -0.4 is 0 Å². The maximum atomic E-state index is 12.8. The van der Waals surface area contributed by atoms with Gasteiger partial charge < -0.3 is 19.5 Å². The number of imidazole rings is 1. The number of piperidine rings is 1. The summed E-state index contributed by atoms with van der Waals surface area (Å²) in [4.78, 5) is 25.4. The van der Waals surface area contributed by atoms with Crippen molar-refractivity contribution in [2.75, 3.05) is 39.9 Å². The van der Waals surface area contributed by atoms with Crippen molar-refractivity contribution in [1.82, 2.24) is 19.8 Å². The number of hydrogen-bond donors (Lipinski definition) is 1. The van der Waals surface area contributed by atoms with Crippen LogP contribution >= 0.6 is 0 Å². The number of aromatic nitrogens is 2. The molecular weight excluding hydrogens is 364 g/mol. The van der Waals surface area contributed by atoms with Crippen LogP contribution in [0.4, 0.5) is 0 Å². The molecule has 0 aliphatic carbocycles. The van der Waals surface area contributed by atoms with Crippen LogP contribution in [0.25, 0.3) is 0 Å². The van der Waals surface area contributed by atoms with E-state index in [1.54, 1.807) is 13.4 Å². The highest BCUT2D eigenvalue weighted by atomic mass is 16.5. The van der Waals surface area contributed by atoms with Gasteiger partial charge in [0.25, 0.3) is 0 Å². The van der Waals surface area contributed by atoms with Crippen molar-refractivity contribution in [3.8, 4) is 0 Å². The summed E-state index contributed by atoms with van der Waals surface area (Å²) in [6.07, 6.45) is 5.63. The summed E-state index contributed by atoms with van der Waals surface area (Å²) in [6, 6.07) is 10.7. The predicted molar refractivity (Wildman–Crippen MR) is 113 cm³/mol. The molecule has 0 bridgehead atoms. The summed E-state index contributed by atoms with van der Waals surface area (Å²) < 4.78 is 5.16. The van der Waals surface area contributed by atoms with Gasteiger partial charge in [-0.05, 0) is 37.3 Å². The van der Waals surface area contributed by atoms with Crippen molar-refractivity contribution in [1.29, 1.82) is 0 Å².